The summed E-state index contributed by atoms with van der Waals surface area (Å²) in [6.07, 6.45) is 16.8. The molecule has 0 amide bonds. The minimum absolute atomic E-state index is 0.0874. The van der Waals surface area contributed by atoms with E-state index in [0.717, 1.165) is 24.0 Å². The minimum Gasteiger partial charge on any atom is -0.462 e. The van der Waals surface area contributed by atoms with E-state index < -0.39 is 60.1 Å². The van der Waals surface area contributed by atoms with Crippen LogP contribution < -0.4 is 0 Å². The first-order valence-electron chi connectivity index (χ1n) is 20.5. The van der Waals surface area contributed by atoms with E-state index in [4.69, 9.17) is 33.2 Å². The third kappa shape index (κ3) is 8.18. The lowest BCUT2D eigenvalue weighted by Gasteiger charge is -2.51. The quantitative estimate of drug-likeness (QED) is 0.240. The van der Waals surface area contributed by atoms with E-state index in [2.05, 4.69) is 32.9 Å². The third-order valence-corrected chi connectivity index (χ3v) is 13.5. The van der Waals surface area contributed by atoms with Gasteiger partial charge in [0.05, 0.1) is 43.2 Å². The fourth-order valence-corrected chi connectivity index (χ4v) is 10.4. The molecule has 2 bridgehead atoms. The highest BCUT2D eigenvalue weighted by Gasteiger charge is 2.57. The predicted molar refractivity (Wildman–Crippen MR) is 199 cm³/mol. The van der Waals surface area contributed by atoms with Crippen LogP contribution in [0.2, 0.25) is 0 Å². The van der Waals surface area contributed by atoms with E-state index >= 15 is 0 Å². The molecule has 0 radical (unpaired) electrons. The van der Waals surface area contributed by atoms with E-state index in [9.17, 15) is 15.0 Å². The highest BCUT2D eigenvalue weighted by Crippen LogP contribution is 2.48. The van der Waals surface area contributed by atoms with E-state index in [1.165, 1.54) is 32.1 Å². The first-order valence-corrected chi connectivity index (χ1v) is 20.5. The van der Waals surface area contributed by atoms with Gasteiger partial charge in [-0.05, 0) is 75.9 Å². The zero-order valence-corrected chi connectivity index (χ0v) is 32.7. The zero-order chi connectivity index (χ0) is 37.5. The molecule has 1 spiro atoms. The number of aliphatic hydroxyl groups excluding tert-OH is 1. The standard InChI is InChI=1S/C43H64O10/c1-25-19-34-41(45)50-33-21-32(52-42(23-33)18-17-28(4)40(53-42)30-12-8-7-9-13-30)16-15-27(3)39(51-37-22-35(47-6)38(44)29(5)49-37)26(2)11-10-14-31-24-48-36(20-25)43(31,34)46/h10-11,14-15,19,26,28-30,32-40,44,46H,7-9,12-13,16-18,20-24H2,1-6H3/b11-10+,27-15+,31-14+/t26-,28-,29-,32+,33-,34-,35-,36+,37?,38?,39-,40-,42+,43+/m0/s1. The van der Waals surface area contributed by atoms with Crippen molar-refractivity contribution in [3.63, 3.8) is 0 Å². The van der Waals surface area contributed by atoms with Crippen molar-refractivity contribution < 1.29 is 48.2 Å². The predicted octanol–water partition coefficient (Wildman–Crippen LogP) is 6.63. The number of aliphatic hydroxyl groups is 2. The number of fused-ring (bicyclic) bond motifs is 2. The van der Waals surface area contributed by atoms with Gasteiger partial charge in [0.25, 0.3) is 0 Å². The minimum atomic E-state index is -1.51. The van der Waals surface area contributed by atoms with Crippen molar-refractivity contribution in [1.82, 2.24) is 0 Å². The maximum Gasteiger partial charge on any atom is 0.316 e. The van der Waals surface area contributed by atoms with E-state index in [0.29, 0.717) is 49.5 Å². The van der Waals surface area contributed by atoms with Gasteiger partial charge in [-0.3, -0.25) is 4.79 Å². The highest BCUT2D eigenvalue weighted by molar-refractivity contribution is 5.78. The smallest absolute Gasteiger partial charge is 0.316 e. The average molecular weight is 741 g/mol. The molecule has 4 saturated heterocycles. The molecule has 0 aromatic rings. The summed E-state index contributed by atoms with van der Waals surface area (Å²) in [5.41, 5.74) is 1.19. The number of esters is 1. The first kappa shape index (κ1) is 39.3. The lowest BCUT2D eigenvalue weighted by Crippen LogP contribution is -2.56. The first-order chi connectivity index (χ1) is 25.4. The van der Waals surface area contributed by atoms with Crippen molar-refractivity contribution in [3.8, 4) is 0 Å². The van der Waals surface area contributed by atoms with Gasteiger partial charge >= 0.3 is 5.97 Å². The summed E-state index contributed by atoms with van der Waals surface area (Å²) >= 11 is 0. The fraction of sp³-hybridized carbons (Fsp3) is 0.791. The molecule has 0 aromatic carbocycles. The summed E-state index contributed by atoms with van der Waals surface area (Å²) in [5.74, 6) is -1.29. The van der Waals surface area contributed by atoms with Gasteiger partial charge in [-0.15, -0.1) is 0 Å². The Labute approximate surface area is 316 Å². The van der Waals surface area contributed by atoms with Crippen LogP contribution in [0.15, 0.2) is 47.1 Å². The average Bonchev–Trinajstić information content (AvgIpc) is 3.46. The Morgan fingerprint density at radius 2 is 1.79 bits per heavy atom. The second kappa shape index (κ2) is 16.3. The summed E-state index contributed by atoms with van der Waals surface area (Å²) < 4.78 is 45.3. The molecule has 5 heterocycles. The third-order valence-electron chi connectivity index (χ3n) is 13.5. The van der Waals surface area contributed by atoms with Crippen LogP contribution in [0, 0.1) is 23.7 Å². The Kier molecular flexibility index (Phi) is 12.1. The molecule has 0 aromatic heterocycles. The van der Waals surface area contributed by atoms with E-state index in [1.54, 1.807) is 7.11 Å². The van der Waals surface area contributed by atoms with Crippen LogP contribution in [0.1, 0.15) is 112 Å². The number of ether oxygens (including phenoxy) is 7. The maximum atomic E-state index is 14.3. The molecule has 10 heteroatoms. The molecule has 7 rings (SSSR count). The summed E-state index contributed by atoms with van der Waals surface area (Å²) in [7, 11) is 1.61. The number of allylic oxidation sites excluding steroid dienone is 2. The Bertz CT molecular complexity index is 1430. The van der Waals surface area contributed by atoms with Crippen molar-refractivity contribution in [2.24, 2.45) is 23.7 Å². The van der Waals surface area contributed by atoms with Crippen molar-refractivity contribution in [2.45, 2.75) is 178 Å². The van der Waals surface area contributed by atoms with Crippen LogP contribution in [0.5, 0.6) is 0 Å². The molecule has 296 valence electrons. The van der Waals surface area contributed by atoms with Crippen LogP contribution in [-0.2, 0) is 38.0 Å². The van der Waals surface area contributed by atoms with Gasteiger partial charge in [0.1, 0.15) is 23.7 Å². The lowest BCUT2D eigenvalue weighted by atomic mass is 9.72. The van der Waals surface area contributed by atoms with Crippen LogP contribution >= 0.6 is 0 Å². The van der Waals surface area contributed by atoms with Gasteiger partial charge in [0.15, 0.2) is 12.1 Å². The normalized spacial score (nSPS) is 48.5. The van der Waals surface area contributed by atoms with Crippen LogP contribution in [0.3, 0.4) is 0 Å². The SMILES string of the molecule is CO[C@H]1CC(O[C@@H]2/C(C)=C/C[C@@H]3C[C@@H](C[C@]4(CC[C@H](C)[C@@H](C5CCCCC5)O4)O3)OC(=O)[C@@H]3C=C(C)C[C@H]4OC/C(=C\C=C\[C@@H]2C)[C@]43O)O[C@@H](C)C1O. The second-order valence-electron chi connectivity index (χ2n) is 17.4. The highest BCUT2D eigenvalue weighted by atomic mass is 16.7. The zero-order valence-electron chi connectivity index (χ0n) is 32.7. The molecule has 53 heavy (non-hydrogen) atoms. The molecule has 1 saturated carbocycles. The Balaban J connectivity index is 1.22. The van der Waals surface area contributed by atoms with Crippen LogP contribution in [0.25, 0.3) is 0 Å². The molecule has 5 fully saturated rings. The van der Waals surface area contributed by atoms with Crippen LogP contribution in [0.4, 0.5) is 0 Å². The van der Waals surface area contributed by atoms with Crippen molar-refractivity contribution in [1.29, 1.82) is 0 Å². The number of carbonyl (C=O) groups is 1. The van der Waals surface area contributed by atoms with Gasteiger partial charge in [0, 0.05) is 38.7 Å². The van der Waals surface area contributed by atoms with E-state index in [1.807, 2.05) is 32.1 Å². The molecular weight excluding hydrogens is 676 g/mol. The van der Waals surface area contributed by atoms with Gasteiger partial charge in [-0.2, -0.15) is 0 Å². The Morgan fingerprint density at radius 1 is 1.00 bits per heavy atom. The number of hydrogen-bond acceptors (Lipinski definition) is 10. The van der Waals surface area contributed by atoms with Crippen molar-refractivity contribution in [2.75, 3.05) is 13.7 Å². The largest absolute Gasteiger partial charge is 0.462 e. The number of methoxy groups -OCH3 is 1. The maximum absolute atomic E-state index is 14.3. The van der Waals surface area contributed by atoms with Gasteiger partial charge in [-0.1, -0.05) is 69.1 Å². The number of carbonyl (C=O) groups excluding carboxylic acids is 1. The van der Waals surface area contributed by atoms with Gasteiger partial charge < -0.3 is 43.4 Å². The number of rotatable bonds is 4. The van der Waals surface area contributed by atoms with E-state index in [-0.39, 0.29) is 30.8 Å². The monoisotopic (exact) mass is 740 g/mol. The molecule has 14 atom stereocenters. The van der Waals surface area contributed by atoms with Crippen molar-refractivity contribution in [3.05, 3.63) is 47.1 Å². The summed E-state index contributed by atoms with van der Waals surface area (Å²) in [6, 6.07) is 0. The topological polar surface area (TPSA) is 122 Å². The molecule has 7 aliphatic rings. The molecule has 5 aliphatic heterocycles. The second-order valence-corrected chi connectivity index (χ2v) is 17.4. The fourth-order valence-electron chi connectivity index (χ4n) is 10.4. The molecule has 2 N–H and O–H groups in total. The van der Waals surface area contributed by atoms with Gasteiger partial charge in [-0.25, -0.2) is 0 Å². The van der Waals surface area contributed by atoms with Gasteiger partial charge in [0.2, 0.25) is 0 Å². The summed E-state index contributed by atoms with van der Waals surface area (Å²) in [5, 5.41) is 23.1. The van der Waals surface area contributed by atoms with Crippen LogP contribution in [-0.4, -0.2) is 96.4 Å². The lowest BCUT2D eigenvalue weighted by molar-refractivity contribution is -0.342. The Morgan fingerprint density at radius 3 is 2.57 bits per heavy atom. The number of hydrogen-bond donors (Lipinski definition) is 2. The summed E-state index contributed by atoms with van der Waals surface area (Å²) in [4.78, 5) is 14.3. The molecule has 2 aliphatic carbocycles. The molecular formula is C43H64O10. The van der Waals surface area contributed by atoms with Crippen molar-refractivity contribution >= 4 is 5.97 Å². The molecule has 2 unspecified atom stereocenters. The molecule has 10 nitrogen and oxygen atoms in total. The summed E-state index contributed by atoms with van der Waals surface area (Å²) in [6.45, 7) is 10.6. The Hall–Kier alpha value is -1.89.